The molecule has 128 valence electrons. The maximum atomic E-state index is 12.5. The summed E-state index contributed by atoms with van der Waals surface area (Å²) in [5, 5.41) is 2.85. The summed E-state index contributed by atoms with van der Waals surface area (Å²) in [6.45, 7) is 8.28. The zero-order chi connectivity index (χ0) is 17.1. The third-order valence-electron chi connectivity index (χ3n) is 3.54. The van der Waals surface area contributed by atoms with Crippen LogP contribution in [-0.2, 0) is 0 Å². The van der Waals surface area contributed by atoms with Gasteiger partial charge in [-0.3, -0.25) is 9.59 Å². The lowest BCUT2D eigenvalue weighted by Crippen LogP contribution is -2.33. The van der Waals surface area contributed by atoms with E-state index < -0.39 is 0 Å². The van der Waals surface area contributed by atoms with Crippen LogP contribution in [0.1, 0.15) is 73.9 Å². The van der Waals surface area contributed by atoms with E-state index in [9.17, 15) is 9.59 Å². The molecule has 0 unspecified atom stereocenters. The number of aromatic nitrogens is 1. The number of rotatable bonds is 10. The fraction of sp³-hybridized carbons (Fsp3) is 0.611. The largest absolute Gasteiger partial charge is 0.351 e. The Morgan fingerprint density at radius 1 is 1.00 bits per heavy atom. The van der Waals surface area contributed by atoms with Gasteiger partial charge in [0.05, 0.1) is 0 Å². The second kappa shape index (κ2) is 10.8. The van der Waals surface area contributed by atoms with E-state index in [2.05, 4.69) is 17.2 Å². The smallest absolute Gasteiger partial charge is 0.272 e. The summed E-state index contributed by atoms with van der Waals surface area (Å²) in [7, 11) is 0. The molecule has 0 atom stereocenters. The Labute approximate surface area is 139 Å². The van der Waals surface area contributed by atoms with E-state index in [-0.39, 0.29) is 11.8 Å². The summed E-state index contributed by atoms with van der Waals surface area (Å²) < 4.78 is 0. The van der Waals surface area contributed by atoms with Crippen molar-refractivity contribution < 1.29 is 9.59 Å². The third kappa shape index (κ3) is 6.38. The number of carbonyl (C=O) groups is 2. The van der Waals surface area contributed by atoms with Crippen LogP contribution in [0.3, 0.4) is 0 Å². The highest BCUT2D eigenvalue weighted by Gasteiger charge is 2.17. The molecule has 1 aromatic heterocycles. The monoisotopic (exact) mass is 319 g/mol. The Morgan fingerprint density at radius 3 is 2.26 bits per heavy atom. The van der Waals surface area contributed by atoms with E-state index in [1.54, 1.807) is 23.1 Å². The summed E-state index contributed by atoms with van der Waals surface area (Å²) in [5.41, 5.74) is 0.647. The van der Waals surface area contributed by atoms with E-state index in [0.717, 1.165) is 32.1 Å². The Morgan fingerprint density at radius 2 is 1.65 bits per heavy atom. The molecule has 1 N–H and O–H groups in total. The summed E-state index contributed by atoms with van der Waals surface area (Å²) >= 11 is 0. The van der Waals surface area contributed by atoms with Crippen LogP contribution in [-0.4, -0.2) is 41.3 Å². The van der Waals surface area contributed by atoms with E-state index in [0.29, 0.717) is 31.0 Å². The molecule has 0 spiro atoms. The first kappa shape index (κ1) is 19.1. The molecule has 0 aliphatic carbocycles. The maximum absolute atomic E-state index is 12.5. The highest BCUT2D eigenvalue weighted by molar-refractivity contribution is 5.96. The molecule has 0 radical (unpaired) electrons. The molecule has 1 heterocycles. The predicted octanol–water partition coefficient (Wildman–Crippen LogP) is 3.26. The molecule has 1 aromatic rings. The molecule has 0 aliphatic rings. The second-order valence-electron chi connectivity index (χ2n) is 5.66. The molecule has 5 heteroatoms. The van der Waals surface area contributed by atoms with Crippen LogP contribution < -0.4 is 5.32 Å². The second-order valence-corrected chi connectivity index (χ2v) is 5.66. The maximum Gasteiger partial charge on any atom is 0.272 e. The average molecular weight is 319 g/mol. The number of hydrogen-bond donors (Lipinski definition) is 1. The van der Waals surface area contributed by atoms with Gasteiger partial charge in [-0.2, -0.15) is 0 Å². The lowest BCUT2D eigenvalue weighted by molar-refractivity contribution is 0.0749. The van der Waals surface area contributed by atoms with Gasteiger partial charge in [-0.25, -0.2) is 4.98 Å². The lowest BCUT2D eigenvalue weighted by Gasteiger charge is -2.21. The number of hydrogen-bond acceptors (Lipinski definition) is 3. The van der Waals surface area contributed by atoms with Gasteiger partial charge in [-0.15, -0.1) is 0 Å². The number of carbonyl (C=O) groups excluding carboxylic acids is 2. The van der Waals surface area contributed by atoms with Crippen molar-refractivity contribution in [2.24, 2.45) is 0 Å². The number of nitrogens with zero attached hydrogens (tertiary/aromatic N) is 2. The number of amides is 2. The average Bonchev–Trinajstić information content (AvgIpc) is 2.58. The zero-order valence-corrected chi connectivity index (χ0v) is 14.6. The molecular weight excluding hydrogens is 290 g/mol. The normalized spacial score (nSPS) is 10.4. The van der Waals surface area contributed by atoms with Crippen molar-refractivity contribution in [1.82, 2.24) is 15.2 Å². The number of unbranched alkanes of at least 4 members (excludes halogenated alkanes) is 2. The van der Waals surface area contributed by atoms with Crippen molar-refractivity contribution in [3.8, 4) is 0 Å². The minimum Gasteiger partial charge on any atom is -0.351 e. The van der Waals surface area contributed by atoms with Gasteiger partial charge in [0.2, 0.25) is 0 Å². The molecule has 23 heavy (non-hydrogen) atoms. The molecular formula is C18H29N3O2. The van der Waals surface area contributed by atoms with Crippen molar-refractivity contribution in [1.29, 1.82) is 0 Å². The highest BCUT2D eigenvalue weighted by atomic mass is 16.2. The molecule has 0 aliphatic heterocycles. The molecule has 2 amide bonds. The minimum absolute atomic E-state index is 0.102. The van der Waals surface area contributed by atoms with Crippen molar-refractivity contribution in [2.45, 2.75) is 52.9 Å². The standard InChI is InChI=1S/C18H29N3O2/c1-4-7-8-12-19-17(22)15-10-9-11-16(20-15)18(23)21(13-5-2)14-6-3/h9-11H,4-8,12-14H2,1-3H3,(H,19,22). The van der Waals surface area contributed by atoms with Crippen LogP contribution in [0.2, 0.25) is 0 Å². The van der Waals surface area contributed by atoms with E-state index in [1.807, 2.05) is 13.8 Å². The quantitative estimate of drug-likeness (QED) is 0.673. The highest BCUT2D eigenvalue weighted by Crippen LogP contribution is 2.06. The Bertz CT molecular complexity index is 497. The van der Waals surface area contributed by atoms with Crippen molar-refractivity contribution in [3.63, 3.8) is 0 Å². The van der Waals surface area contributed by atoms with E-state index >= 15 is 0 Å². The van der Waals surface area contributed by atoms with Gasteiger partial charge in [-0.05, 0) is 31.4 Å². The van der Waals surface area contributed by atoms with E-state index in [1.165, 1.54) is 0 Å². The van der Waals surface area contributed by atoms with Gasteiger partial charge in [0.25, 0.3) is 11.8 Å². The first-order chi connectivity index (χ1) is 11.1. The van der Waals surface area contributed by atoms with Gasteiger partial charge in [0, 0.05) is 19.6 Å². The number of nitrogens with one attached hydrogen (secondary N) is 1. The van der Waals surface area contributed by atoms with Crippen LogP contribution in [0.5, 0.6) is 0 Å². The molecule has 0 bridgehead atoms. The topological polar surface area (TPSA) is 62.3 Å². The fourth-order valence-corrected chi connectivity index (χ4v) is 2.36. The lowest BCUT2D eigenvalue weighted by atomic mass is 10.2. The van der Waals surface area contributed by atoms with E-state index in [4.69, 9.17) is 0 Å². The minimum atomic E-state index is -0.215. The first-order valence-corrected chi connectivity index (χ1v) is 8.68. The Balaban J connectivity index is 2.74. The van der Waals surface area contributed by atoms with Crippen molar-refractivity contribution in [2.75, 3.05) is 19.6 Å². The molecule has 0 saturated heterocycles. The molecule has 0 aromatic carbocycles. The van der Waals surface area contributed by atoms with Crippen LogP contribution in [0.4, 0.5) is 0 Å². The van der Waals surface area contributed by atoms with Crippen molar-refractivity contribution >= 4 is 11.8 Å². The van der Waals surface area contributed by atoms with Gasteiger partial charge in [-0.1, -0.05) is 39.7 Å². The van der Waals surface area contributed by atoms with Gasteiger partial charge < -0.3 is 10.2 Å². The number of pyridine rings is 1. The van der Waals surface area contributed by atoms with Crippen LogP contribution in [0, 0.1) is 0 Å². The SMILES string of the molecule is CCCCCNC(=O)c1cccc(C(=O)N(CCC)CCC)n1. The van der Waals surface area contributed by atoms with Crippen LogP contribution in [0.25, 0.3) is 0 Å². The van der Waals surface area contributed by atoms with Crippen LogP contribution >= 0.6 is 0 Å². The Kier molecular flexibility index (Phi) is 8.95. The van der Waals surface area contributed by atoms with Gasteiger partial charge >= 0.3 is 0 Å². The summed E-state index contributed by atoms with van der Waals surface area (Å²) in [6.07, 6.45) is 4.98. The predicted molar refractivity (Wildman–Crippen MR) is 92.6 cm³/mol. The van der Waals surface area contributed by atoms with Crippen molar-refractivity contribution in [3.05, 3.63) is 29.6 Å². The summed E-state index contributed by atoms with van der Waals surface area (Å²) in [4.78, 5) is 30.7. The zero-order valence-electron chi connectivity index (χ0n) is 14.6. The van der Waals surface area contributed by atoms with Gasteiger partial charge in [0.15, 0.2) is 0 Å². The molecule has 0 fully saturated rings. The summed E-state index contributed by atoms with van der Waals surface area (Å²) in [5.74, 6) is -0.317. The third-order valence-corrected chi connectivity index (χ3v) is 3.54. The fourth-order valence-electron chi connectivity index (χ4n) is 2.36. The molecule has 0 saturated carbocycles. The van der Waals surface area contributed by atoms with Gasteiger partial charge in [0.1, 0.15) is 11.4 Å². The Hall–Kier alpha value is -1.91. The first-order valence-electron chi connectivity index (χ1n) is 8.68. The van der Waals surface area contributed by atoms with Crippen LogP contribution in [0.15, 0.2) is 18.2 Å². The molecule has 5 nitrogen and oxygen atoms in total. The summed E-state index contributed by atoms with van der Waals surface area (Å²) in [6, 6.07) is 5.04. The molecule has 1 rings (SSSR count).